The number of halogens is 3. The Hall–Kier alpha value is -2.59. The normalized spacial score (nSPS) is 12.1. The number of rotatable bonds is 7. The minimum Gasteiger partial charge on any atom is -0.496 e. The summed E-state index contributed by atoms with van der Waals surface area (Å²) in [5, 5.41) is 1.66. The first-order valence-electron chi connectivity index (χ1n) is 8.12. The molecule has 0 spiro atoms. The number of hydrogen-bond donors (Lipinski definition) is 1. The van der Waals surface area contributed by atoms with E-state index in [1.165, 1.54) is 14.2 Å². The SMILES string of the molecule is COc1ccccc1CCN(C)S(=O)(=O)c1ccc(NC(=O)C(F)(F)F)cc1. The van der Waals surface area contributed by atoms with Crippen LogP contribution in [0.3, 0.4) is 0 Å². The van der Waals surface area contributed by atoms with Gasteiger partial charge in [0.1, 0.15) is 5.75 Å². The number of carbonyl (C=O) groups is 1. The molecule has 152 valence electrons. The second-order valence-electron chi connectivity index (χ2n) is 5.86. The number of sulfonamides is 1. The van der Waals surface area contributed by atoms with Crippen LogP contribution in [0.1, 0.15) is 5.56 Å². The largest absolute Gasteiger partial charge is 0.496 e. The quantitative estimate of drug-likeness (QED) is 0.753. The van der Waals surface area contributed by atoms with E-state index in [9.17, 15) is 26.4 Å². The summed E-state index contributed by atoms with van der Waals surface area (Å²) in [6, 6.07) is 11.7. The fourth-order valence-corrected chi connectivity index (χ4v) is 3.57. The van der Waals surface area contributed by atoms with Crippen LogP contribution in [0.25, 0.3) is 0 Å². The van der Waals surface area contributed by atoms with E-state index < -0.39 is 22.1 Å². The molecule has 0 atom stereocenters. The summed E-state index contributed by atoms with van der Waals surface area (Å²) in [5.41, 5.74) is 0.690. The number of nitrogens with zero attached hydrogens (tertiary/aromatic N) is 1. The molecule has 0 heterocycles. The van der Waals surface area contributed by atoms with Gasteiger partial charge in [-0.05, 0) is 42.3 Å². The van der Waals surface area contributed by atoms with Gasteiger partial charge in [-0.15, -0.1) is 0 Å². The number of benzene rings is 2. The zero-order valence-electron chi connectivity index (χ0n) is 15.2. The maximum atomic E-state index is 12.6. The average Bonchev–Trinajstić information content (AvgIpc) is 2.65. The van der Waals surface area contributed by atoms with E-state index in [4.69, 9.17) is 4.74 Å². The Balaban J connectivity index is 2.07. The third-order valence-corrected chi connectivity index (χ3v) is 5.84. The lowest BCUT2D eigenvalue weighted by atomic mass is 10.1. The van der Waals surface area contributed by atoms with Crippen molar-refractivity contribution >= 4 is 21.6 Å². The smallest absolute Gasteiger partial charge is 0.471 e. The molecule has 0 aliphatic heterocycles. The van der Waals surface area contributed by atoms with Gasteiger partial charge in [0.05, 0.1) is 12.0 Å². The number of carbonyl (C=O) groups excluding carboxylic acids is 1. The minimum atomic E-state index is -5.02. The van der Waals surface area contributed by atoms with Gasteiger partial charge in [-0.25, -0.2) is 12.7 Å². The molecule has 0 radical (unpaired) electrons. The molecule has 0 bridgehead atoms. The van der Waals surface area contributed by atoms with Gasteiger partial charge in [-0.3, -0.25) is 4.79 Å². The molecule has 0 fully saturated rings. The highest BCUT2D eigenvalue weighted by Gasteiger charge is 2.38. The van der Waals surface area contributed by atoms with E-state index >= 15 is 0 Å². The van der Waals surface area contributed by atoms with Gasteiger partial charge >= 0.3 is 12.1 Å². The molecule has 0 saturated carbocycles. The van der Waals surface area contributed by atoms with Gasteiger partial charge < -0.3 is 10.1 Å². The Labute approximate surface area is 161 Å². The molecule has 0 aromatic heterocycles. The molecule has 0 aliphatic rings. The van der Waals surface area contributed by atoms with E-state index in [0.29, 0.717) is 12.2 Å². The molecular weight excluding hydrogens is 397 g/mol. The van der Waals surface area contributed by atoms with Crippen LogP contribution in [0.2, 0.25) is 0 Å². The summed E-state index contributed by atoms with van der Waals surface area (Å²) in [6.07, 6.45) is -4.61. The number of methoxy groups -OCH3 is 1. The fraction of sp³-hybridized carbons (Fsp3) is 0.278. The summed E-state index contributed by atoms with van der Waals surface area (Å²) in [6.45, 7) is 0.176. The predicted octanol–water partition coefficient (Wildman–Crippen LogP) is 3.06. The van der Waals surface area contributed by atoms with Crippen LogP contribution in [-0.4, -0.2) is 45.5 Å². The van der Waals surface area contributed by atoms with Crippen LogP contribution in [0.15, 0.2) is 53.4 Å². The molecule has 1 amide bonds. The summed E-state index contributed by atoms with van der Waals surface area (Å²) in [4.78, 5) is 10.8. The summed E-state index contributed by atoms with van der Waals surface area (Å²) in [7, 11) is -0.912. The first-order chi connectivity index (χ1) is 13.1. The topological polar surface area (TPSA) is 75.7 Å². The molecule has 0 unspecified atom stereocenters. The molecule has 1 N–H and O–H groups in total. The van der Waals surface area contributed by atoms with Crippen molar-refractivity contribution in [1.82, 2.24) is 4.31 Å². The summed E-state index contributed by atoms with van der Waals surface area (Å²) >= 11 is 0. The van der Waals surface area contributed by atoms with E-state index in [-0.39, 0.29) is 17.1 Å². The van der Waals surface area contributed by atoms with Gasteiger partial charge in [0.15, 0.2) is 0 Å². The number of nitrogens with one attached hydrogen (secondary N) is 1. The van der Waals surface area contributed by atoms with Crippen LogP contribution in [0.4, 0.5) is 18.9 Å². The molecule has 6 nitrogen and oxygen atoms in total. The standard InChI is InChI=1S/C18H19F3N2O4S/c1-23(12-11-13-5-3-4-6-16(13)27-2)28(25,26)15-9-7-14(8-10-15)22-17(24)18(19,20)21/h3-10H,11-12H2,1-2H3,(H,22,24). The lowest BCUT2D eigenvalue weighted by Crippen LogP contribution is -2.30. The van der Waals surface area contributed by atoms with E-state index in [0.717, 1.165) is 34.1 Å². The predicted molar refractivity (Wildman–Crippen MR) is 97.6 cm³/mol. The Morgan fingerprint density at radius 3 is 2.29 bits per heavy atom. The monoisotopic (exact) mass is 416 g/mol. The van der Waals surface area contributed by atoms with Crippen molar-refractivity contribution in [3.63, 3.8) is 0 Å². The highest BCUT2D eigenvalue weighted by atomic mass is 32.2. The van der Waals surface area contributed by atoms with Gasteiger partial charge in [-0.2, -0.15) is 13.2 Å². The molecule has 2 aromatic carbocycles. The van der Waals surface area contributed by atoms with Crippen LogP contribution in [0.5, 0.6) is 5.75 Å². The number of para-hydroxylation sites is 1. The zero-order valence-corrected chi connectivity index (χ0v) is 16.0. The zero-order chi connectivity index (χ0) is 20.9. The van der Waals surface area contributed by atoms with Crippen molar-refractivity contribution in [2.24, 2.45) is 0 Å². The van der Waals surface area contributed by atoms with Crippen LogP contribution >= 0.6 is 0 Å². The number of anilines is 1. The van der Waals surface area contributed by atoms with Gasteiger partial charge in [0.2, 0.25) is 10.0 Å². The lowest BCUT2D eigenvalue weighted by Gasteiger charge is -2.18. The maximum absolute atomic E-state index is 12.6. The summed E-state index contributed by atoms with van der Waals surface area (Å²) in [5.74, 6) is -1.48. The van der Waals surface area contributed by atoms with Crippen LogP contribution < -0.4 is 10.1 Å². The van der Waals surface area contributed by atoms with E-state index in [1.54, 1.807) is 11.4 Å². The van der Waals surface area contributed by atoms with Crippen molar-refractivity contribution in [1.29, 1.82) is 0 Å². The molecule has 0 saturated heterocycles. The van der Waals surface area contributed by atoms with Crippen molar-refractivity contribution in [2.45, 2.75) is 17.5 Å². The van der Waals surface area contributed by atoms with Gasteiger partial charge in [-0.1, -0.05) is 18.2 Å². The second kappa shape index (κ2) is 8.61. The molecular formula is C18H19F3N2O4S. The highest BCUT2D eigenvalue weighted by molar-refractivity contribution is 7.89. The Bertz CT molecular complexity index is 929. The van der Waals surface area contributed by atoms with E-state index in [2.05, 4.69) is 0 Å². The molecule has 2 rings (SSSR count). The average molecular weight is 416 g/mol. The number of ether oxygens (including phenoxy) is 1. The highest BCUT2D eigenvalue weighted by Crippen LogP contribution is 2.22. The molecule has 0 aliphatic carbocycles. The lowest BCUT2D eigenvalue weighted by molar-refractivity contribution is -0.167. The van der Waals surface area contributed by atoms with Crippen molar-refractivity contribution in [2.75, 3.05) is 26.0 Å². The van der Waals surface area contributed by atoms with Gasteiger partial charge in [0, 0.05) is 19.3 Å². The number of amides is 1. The van der Waals surface area contributed by atoms with E-state index in [1.807, 2.05) is 18.2 Å². The Kier molecular flexibility index (Phi) is 6.68. The third-order valence-electron chi connectivity index (χ3n) is 3.97. The second-order valence-corrected chi connectivity index (χ2v) is 7.91. The van der Waals surface area contributed by atoms with Crippen molar-refractivity contribution in [3.8, 4) is 5.75 Å². The van der Waals surface area contributed by atoms with Gasteiger partial charge in [0.25, 0.3) is 0 Å². The molecule has 28 heavy (non-hydrogen) atoms. The third kappa shape index (κ3) is 5.23. The van der Waals surface area contributed by atoms with Crippen molar-refractivity contribution in [3.05, 3.63) is 54.1 Å². The van der Waals surface area contributed by atoms with Crippen molar-refractivity contribution < 1.29 is 31.1 Å². The van der Waals surface area contributed by atoms with Crippen LogP contribution in [-0.2, 0) is 21.2 Å². The number of hydrogen-bond acceptors (Lipinski definition) is 4. The minimum absolute atomic E-state index is 0.0972. The Morgan fingerprint density at radius 2 is 1.71 bits per heavy atom. The summed E-state index contributed by atoms with van der Waals surface area (Å²) < 4.78 is 68.4. The maximum Gasteiger partial charge on any atom is 0.471 e. The number of alkyl halides is 3. The van der Waals surface area contributed by atoms with Crippen LogP contribution in [0, 0.1) is 0 Å². The molecule has 2 aromatic rings. The first kappa shape index (κ1) is 21.7. The fourth-order valence-electron chi connectivity index (χ4n) is 2.40. The molecule has 10 heteroatoms. The number of likely N-dealkylation sites (N-methyl/N-ethyl adjacent to an activating group) is 1. The Morgan fingerprint density at radius 1 is 1.11 bits per heavy atom. The first-order valence-corrected chi connectivity index (χ1v) is 9.56.